The molecule has 0 aliphatic rings. The third-order valence-corrected chi connectivity index (χ3v) is 5.88. The van der Waals surface area contributed by atoms with Gasteiger partial charge in [-0.2, -0.15) is 0 Å². The number of nitrogens with two attached hydrogens (primary N) is 1. The largest absolute Gasteiger partial charge is 0.508 e. The molecule has 0 aliphatic heterocycles. The Bertz CT molecular complexity index is 944. The van der Waals surface area contributed by atoms with Gasteiger partial charge in [-0.1, -0.05) is 39.2 Å². The Labute approximate surface area is 226 Å². The molecule has 0 spiro atoms. The topological polar surface area (TPSA) is 151 Å². The highest BCUT2D eigenvalue weighted by Gasteiger charge is 2.36. The maximum absolute atomic E-state index is 14.0. The molecule has 38 heavy (non-hydrogen) atoms. The standard InChI is InChI=1S/C28H46N4O6/c1-7-9-11-16-30-25(35)24(20-12-14-22(33)19(3)18-20)32(17-10-8-2)26(36)21(13-15-23(29)34)31-27(37)38-28(4,5)6/h12,14,18,21,24,33H,7-11,13,15-17H2,1-6H3,(H2,29,34)(H,30,35)(H,31,37). The van der Waals surface area contributed by atoms with Gasteiger partial charge in [0.05, 0.1) is 0 Å². The minimum atomic E-state index is -1.14. The summed E-state index contributed by atoms with van der Waals surface area (Å²) in [5.41, 5.74) is 5.64. The van der Waals surface area contributed by atoms with Crippen molar-refractivity contribution < 1.29 is 29.0 Å². The fraction of sp³-hybridized carbons (Fsp3) is 0.643. The summed E-state index contributed by atoms with van der Waals surface area (Å²) in [6, 6.07) is 2.64. The van der Waals surface area contributed by atoms with Gasteiger partial charge < -0.3 is 31.1 Å². The highest BCUT2D eigenvalue weighted by Crippen LogP contribution is 2.28. The first-order valence-electron chi connectivity index (χ1n) is 13.5. The van der Waals surface area contributed by atoms with Crippen LogP contribution in [0.5, 0.6) is 5.75 Å². The molecular formula is C28H46N4O6. The molecule has 0 aliphatic carbocycles. The predicted octanol–water partition coefficient (Wildman–Crippen LogP) is 3.84. The first kappa shape index (κ1) is 32.7. The molecule has 0 radical (unpaired) electrons. The number of unbranched alkanes of at least 4 members (excludes halogenated alkanes) is 3. The van der Waals surface area contributed by atoms with Crippen LogP contribution in [-0.2, 0) is 19.1 Å². The Hall–Kier alpha value is -3.30. The molecule has 214 valence electrons. The fourth-order valence-electron chi connectivity index (χ4n) is 3.89. The van der Waals surface area contributed by atoms with E-state index in [1.165, 1.54) is 11.0 Å². The van der Waals surface area contributed by atoms with Gasteiger partial charge in [0.15, 0.2) is 0 Å². The number of carbonyl (C=O) groups excluding carboxylic acids is 4. The normalized spacial score (nSPS) is 12.8. The van der Waals surface area contributed by atoms with E-state index in [0.29, 0.717) is 24.1 Å². The Kier molecular flexibility index (Phi) is 13.6. The lowest BCUT2D eigenvalue weighted by atomic mass is 9.99. The molecule has 0 saturated carbocycles. The first-order chi connectivity index (χ1) is 17.8. The molecule has 2 atom stereocenters. The lowest BCUT2D eigenvalue weighted by Gasteiger charge is -2.34. The van der Waals surface area contributed by atoms with E-state index in [9.17, 15) is 24.3 Å². The van der Waals surface area contributed by atoms with Gasteiger partial charge in [0, 0.05) is 19.5 Å². The summed E-state index contributed by atoms with van der Waals surface area (Å²) in [5, 5.41) is 15.6. The highest BCUT2D eigenvalue weighted by atomic mass is 16.6. The number of phenols is 1. The van der Waals surface area contributed by atoms with Crippen LogP contribution in [0.15, 0.2) is 18.2 Å². The molecular weight excluding hydrogens is 488 g/mol. The number of ether oxygens (including phenoxy) is 1. The van der Waals surface area contributed by atoms with Crippen LogP contribution in [0, 0.1) is 6.92 Å². The van der Waals surface area contributed by atoms with Crippen molar-refractivity contribution in [1.82, 2.24) is 15.5 Å². The zero-order valence-electron chi connectivity index (χ0n) is 23.8. The summed E-state index contributed by atoms with van der Waals surface area (Å²) >= 11 is 0. The molecule has 10 heteroatoms. The minimum absolute atomic E-state index is 0.0462. The monoisotopic (exact) mass is 534 g/mol. The van der Waals surface area contributed by atoms with E-state index in [-0.39, 0.29) is 31.0 Å². The van der Waals surface area contributed by atoms with Crippen molar-refractivity contribution in [3.8, 4) is 5.75 Å². The summed E-state index contributed by atoms with van der Waals surface area (Å²) in [7, 11) is 0. The third-order valence-electron chi connectivity index (χ3n) is 5.88. The summed E-state index contributed by atoms with van der Waals surface area (Å²) in [6.07, 6.45) is 3.12. The van der Waals surface area contributed by atoms with E-state index in [1.54, 1.807) is 39.8 Å². The van der Waals surface area contributed by atoms with Crippen molar-refractivity contribution in [2.75, 3.05) is 13.1 Å². The third kappa shape index (κ3) is 11.4. The number of amides is 4. The maximum atomic E-state index is 14.0. The second kappa shape index (κ2) is 15.8. The van der Waals surface area contributed by atoms with E-state index < -0.39 is 35.6 Å². The van der Waals surface area contributed by atoms with Crippen molar-refractivity contribution >= 4 is 23.8 Å². The molecule has 1 aromatic carbocycles. The summed E-state index contributed by atoms with van der Waals surface area (Å²) in [4.78, 5) is 53.1. The number of aryl methyl sites for hydroxylation is 1. The number of aromatic hydroxyl groups is 1. The number of hydrogen-bond donors (Lipinski definition) is 4. The number of carbonyl (C=O) groups is 4. The van der Waals surface area contributed by atoms with Gasteiger partial charge in [-0.05, 0) is 70.2 Å². The SMILES string of the molecule is CCCCCNC(=O)C(c1ccc(O)c(C)c1)N(CCCC)C(=O)C(CCC(N)=O)NC(=O)OC(C)(C)C. The number of hydrogen-bond acceptors (Lipinski definition) is 6. The minimum Gasteiger partial charge on any atom is -0.508 e. The molecule has 0 bridgehead atoms. The molecule has 10 nitrogen and oxygen atoms in total. The molecule has 0 saturated heterocycles. The number of benzene rings is 1. The van der Waals surface area contributed by atoms with Gasteiger partial charge in [-0.3, -0.25) is 14.4 Å². The Morgan fingerprint density at radius 2 is 1.74 bits per heavy atom. The van der Waals surface area contributed by atoms with Crippen molar-refractivity contribution in [2.45, 2.75) is 104 Å². The molecule has 5 N–H and O–H groups in total. The van der Waals surface area contributed by atoms with Gasteiger partial charge in [0.2, 0.25) is 17.7 Å². The molecule has 1 aromatic rings. The smallest absolute Gasteiger partial charge is 0.408 e. The summed E-state index contributed by atoms with van der Waals surface area (Å²) in [6.45, 7) is 11.6. The average molecular weight is 535 g/mol. The zero-order chi connectivity index (χ0) is 28.9. The Morgan fingerprint density at radius 1 is 1.08 bits per heavy atom. The van der Waals surface area contributed by atoms with Crippen LogP contribution in [0.2, 0.25) is 0 Å². The van der Waals surface area contributed by atoms with E-state index in [1.807, 2.05) is 6.92 Å². The van der Waals surface area contributed by atoms with Gasteiger partial charge >= 0.3 is 6.09 Å². The lowest BCUT2D eigenvalue weighted by Crippen LogP contribution is -2.53. The number of alkyl carbamates (subject to hydrolysis) is 1. The Morgan fingerprint density at radius 3 is 2.29 bits per heavy atom. The number of phenolic OH excluding ortho intramolecular Hbond substituents is 1. The van der Waals surface area contributed by atoms with Crippen molar-refractivity contribution in [3.05, 3.63) is 29.3 Å². The molecule has 0 heterocycles. The van der Waals surface area contributed by atoms with Crippen LogP contribution in [0.3, 0.4) is 0 Å². The summed E-state index contributed by atoms with van der Waals surface area (Å²) < 4.78 is 5.34. The molecule has 1 rings (SSSR count). The van der Waals surface area contributed by atoms with Crippen LogP contribution in [0.4, 0.5) is 4.79 Å². The number of primary amides is 1. The van der Waals surface area contributed by atoms with Crippen molar-refractivity contribution in [2.24, 2.45) is 5.73 Å². The molecule has 0 fully saturated rings. The molecule has 4 amide bonds. The van der Waals surface area contributed by atoms with Crippen molar-refractivity contribution in [3.63, 3.8) is 0 Å². The molecule has 0 aromatic heterocycles. The van der Waals surface area contributed by atoms with Gasteiger partial charge in [-0.15, -0.1) is 0 Å². The number of nitrogens with zero attached hydrogens (tertiary/aromatic N) is 1. The second-order valence-corrected chi connectivity index (χ2v) is 10.5. The van der Waals surface area contributed by atoms with Crippen LogP contribution in [-0.4, -0.2) is 58.6 Å². The Balaban J connectivity index is 3.47. The number of rotatable bonds is 15. The van der Waals surface area contributed by atoms with E-state index in [2.05, 4.69) is 17.6 Å². The van der Waals surface area contributed by atoms with Crippen LogP contribution < -0.4 is 16.4 Å². The zero-order valence-corrected chi connectivity index (χ0v) is 23.8. The van der Waals surface area contributed by atoms with Gasteiger partial charge in [0.1, 0.15) is 23.4 Å². The fourth-order valence-corrected chi connectivity index (χ4v) is 3.89. The van der Waals surface area contributed by atoms with E-state index in [0.717, 1.165) is 25.7 Å². The van der Waals surface area contributed by atoms with Crippen LogP contribution >= 0.6 is 0 Å². The average Bonchev–Trinajstić information content (AvgIpc) is 2.82. The molecule has 2 unspecified atom stereocenters. The van der Waals surface area contributed by atoms with Crippen LogP contribution in [0.1, 0.15) is 96.7 Å². The van der Waals surface area contributed by atoms with Crippen LogP contribution in [0.25, 0.3) is 0 Å². The summed E-state index contributed by atoms with van der Waals surface area (Å²) in [5.74, 6) is -1.42. The van der Waals surface area contributed by atoms with Crippen molar-refractivity contribution in [1.29, 1.82) is 0 Å². The number of nitrogens with one attached hydrogen (secondary N) is 2. The van der Waals surface area contributed by atoms with E-state index in [4.69, 9.17) is 10.5 Å². The highest BCUT2D eigenvalue weighted by molar-refractivity contribution is 5.92. The predicted molar refractivity (Wildman–Crippen MR) is 146 cm³/mol. The second-order valence-electron chi connectivity index (χ2n) is 10.5. The van der Waals surface area contributed by atoms with Gasteiger partial charge in [0.25, 0.3) is 0 Å². The quantitative estimate of drug-likeness (QED) is 0.251. The maximum Gasteiger partial charge on any atom is 0.408 e. The van der Waals surface area contributed by atoms with E-state index >= 15 is 0 Å². The lowest BCUT2D eigenvalue weighted by molar-refractivity contribution is -0.142. The van der Waals surface area contributed by atoms with Gasteiger partial charge in [-0.25, -0.2) is 4.79 Å². The first-order valence-corrected chi connectivity index (χ1v) is 13.5.